The van der Waals surface area contributed by atoms with Crippen LogP contribution < -0.4 is 0 Å². The molecule has 1 atom stereocenters. The zero-order valence-corrected chi connectivity index (χ0v) is 16.8. The second-order valence-corrected chi connectivity index (χ2v) is 7.62. The molecule has 1 aliphatic heterocycles. The maximum Gasteiger partial charge on any atom is 0.307 e. The maximum absolute atomic E-state index is 12.4. The average molecular weight is 384 g/mol. The maximum atomic E-state index is 12.4. The van der Waals surface area contributed by atoms with Gasteiger partial charge in [-0.05, 0) is 32.6 Å². The van der Waals surface area contributed by atoms with E-state index in [1.54, 1.807) is 18.0 Å². The van der Waals surface area contributed by atoms with Crippen LogP contribution in [0.4, 0.5) is 0 Å². The van der Waals surface area contributed by atoms with E-state index in [1.807, 2.05) is 31.2 Å². The summed E-state index contributed by atoms with van der Waals surface area (Å²) in [6.45, 7) is 7.33. The van der Waals surface area contributed by atoms with Gasteiger partial charge in [-0.3, -0.25) is 9.59 Å². The van der Waals surface area contributed by atoms with Gasteiger partial charge in [0.25, 0.3) is 5.91 Å². The molecule has 28 heavy (non-hydrogen) atoms. The number of likely N-dealkylation sites (tertiary alicyclic amines) is 1. The minimum atomic E-state index is -0.756. The van der Waals surface area contributed by atoms with Crippen LogP contribution in [0, 0.1) is 12.8 Å². The quantitative estimate of drug-likeness (QED) is 0.709. The van der Waals surface area contributed by atoms with E-state index in [9.17, 15) is 9.59 Å². The lowest BCUT2D eigenvalue weighted by Crippen LogP contribution is -2.44. The number of aromatic nitrogens is 1. The molecule has 2 heterocycles. The number of hydrogen-bond donors (Lipinski definition) is 0. The van der Waals surface area contributed by atoms with Gasteiger partial charge in [0.2, 0.25) is 0 Å². The van der Waals surface area contributed by atoms with E-state index in [-0.39, 0.29) is 12.3 Å². The molecule has 0 spiro atoms. The van der Waals surface area contributed by atoms with Crippen molar-refractivity contribution >= 4 is 11.9 Å². The number of nitrogens with zero attached hydrogens (tertiary/aromatic N) is 2. The van der Waals surface area contributed by atoms with Gasteiger partial charge in [-0.25, -0.2) is 4.98 Å². The number of esters is 1. The van der Waals surface area contributed by atoms with Gasteiger partial charge in [-0.1, -0.05) is 36.8 Å². The number of carbonyl (C=O) groups excluding carboxylic acids is 2. The van der Waals surface area contributed by atoms with Crippen LogP contribution in [0.3, 0.4) is 0 Å². The van der Waals surface area contributed by atoms with Gasteiger partial charge in [0.05, 0.1) is 12.6 Å². The summed E-state index contributed by atoms with van der Waals surface area (Å²) in [4.78, 5) is 30.6. The van der Waals surface area contributed by atoms with E-state index in [2.05, 4.69) is 11.9 Å². The third kappa shape index (κ3) is 5.21. The molecular weight excluding hydrogens is 356 g/mol. The van der Waals surface area contributed by atoms with Crippen molar-refractivity contribution in [2.45, 2.75) is 52.6 Å². The van der Waals surface area contributed by atoms with E-state index < -0.39 is 12.1 Å². The summed E-state index contributed by atoms with van der Waals surface area (Å²) in [7, 11) is 0. The number of amides is 1. The monoisotopic (exact) mass is 384 g/mol. The normalized spacial score (nSPS) is 16.0. The van der Waals surface area contributed by atoms with Crippen molar-refractivity contribution < 1.29 is 18.7 Å². The van der Waals surface area contributed by atoms with Crippen molar-refractivity contribution in [3.05, 3.63) is 41.9 Å². The van der Waals surface area contributed by atoms with Crippen LogP contribution in [-0.4, -0.2) is 41.0 Å². The number of benzene rings is 1. The third-order valence-electron chi connectivity index (χ3n) is 5.18. The first-order chi connectivity index (χ1) is 13.4. The van der Waals surface area contributed by atoms with Crippen LogP contribution in [0.15, 0.2) is 34.9 Å². The Balaban J connectivity index is 1.46. The fraction of sp³-hybridized carbons (Fsp3) is 0.500. The van der Waals surface area contributed by atoms with Crippen LogP contribution in [0.25, 0.3) is 11.3 Å². The lowest BCUT2D eigenvalue weighted by Gasteiger charge is -2.31. The van der Waals surface area contributed by atoms with Crippen LogP contribution in [0.1, 0.15) is 44.6 Å². The highest BCUT2D eigenvalue weighted by Crippen LogP contribution is 2.21. The molecule has 1 aromatic heterocycles. The summed E-state index contributed by atoms with van der Waals surface area (Å²) >= 11 is 0. The Morgan fingerprint density at radius 3 is 2.61 bits per heavy atom. The molecule has 1 aliphatic rings. The lowest BCUT2D eigenvalue weighted by atomic mass is 9.99. The van der Waals surface area contributed by atoms with E-state index in [0.29, 0.717) is 24.0 Å². The topological polar surface area (TPSA) is 72.6 Å². The van der Waals surface area contributed by atoms with Gasteiger partial charge in [0.1, 0.15) is 0 Å². The van der Waals surface area contributed by atoms with Crippen molar-refractivity contribution in [1.29, 1.82) is 0 Å². The van der Waals surface area contributed by atoms with Crippen molar-refractivity contribution in [3.8, 4) is 11.3 Å². The van der Waals surface area contributed by atoms with Crippen LogP contribution in [0.5, 0.6) is 0 Å². The van der Waals surface area contributed by atoms with Crippen LogP contribution in [0.2, 0.25) is 0 Å². The molecular formula is C22H28N2O4. The number of carbonyl (C=O) groups is 2. The minimum Gasteiger partial charge on any atom is -0.453 e. The Hall–Kier alpha value is -2.63. The first-order valence-electron chi connectivity index (χ1n) is 9.92. The third-order valence-corrected chi connectivity index (χ3v) is 5.18. The zero-order chi connectivity index (χ0) is 20.1. The minimum absolute atomic E-state index is 0.113. The summed E-state index contributed by atoms with van der Waals surface area (Å²) in [6.07, 6.45) is 3.37. The fourth-order valence-electron chi connectivity index (χ4n) is 3.28. The van der Waals surface area contributed by atoms with Gasteiger partial charge in [-0.2, -0.15) is 0 Å². The number of aryl methyl sites for hydroxylation is 2. The number of oxazole rings is 1. The predicted molar refractivity (Wildman–Crippen MR) is 106 cm³/mol. The molecule has 0 bridgehead atoms. The lowest BCUT2D eigenvalue weighted by molar-refractivity contribution is -0.159. The SMILES string of the molecule is Cc1ccc(-c2cnc(CCC(=O)O[C@@H](C)C(=O)N3CCC(C)CC3)o2)cc1. The average Bonchev–Trinajstić information content (AvgIpc) is 3.16. The second-order valence-electron chi connectivity index (χ2n) is 7.62. The molecule has 6 nitrogen and oxygen atoms in total. The van der Waals surface area contributed by atoms with Crippen molar-refractivity contribution in [2.24, 2.45) is 5.92 Å². The Morgan fingerprint density at radius 1 is 1.25 bits per heavy atom. The molecule has 6 heteroatoms. The van der Waals surface area contributed by atoms with Gasteiger partial charge in [0, 0.05) is 25.1 Å². The van der Waals surface area contributed by atoms with Gasteiger partial charge >= 0.3 is 5.97 Å². The molecule has 0 N–H and O–H groups in total. The second kappa shape index (κ2) is 9.04. The summed E-state index contributed by atoms with van der Waals surface area (Å²) in [5, 5.41) is 0. The highest BCUT2D eigenvalue weighted by Gasteiger charge is 2.26. The standard InChI is InChI=1S/C22H28N2O4/c1-15-4-6-18(7-5-15)19-14-23-20(28-19)8-9-21(25)27-17(3)22(26)24-12-10-16(2)11-13-24/h4-7,14,16-17H,8-13H2,1-3H3/t17-/m0/s1. The van der Waals surface area contributed by atoms with Crippen molar-refractivity contribution in [1.82, 2.24) is 9.88 Å². The number of piperidine rings is 1. The first-order valence-corrected chi connectivity index (χ1v) is 9.92. The zero-order valence-electron chi connectivity index (χ0n) is 16.8. The molecule has 150 valence electrons. The number of rotatable bonds is 6. The molecule has 1 saturated heterocycles. The Bertz CT molecular complexity index is 804. The summed E-state index contributed by atoms with van der Waals surface area (Å²) in [5.41, 5.74) is 2.12. The first kappa shape index (κ1) is 20.1. The number of hydrogen-bond acceptors (Lipinski definition) is 5. The molecule has 1 amide bonds. The largest absolute Gasteiger partial charge is 0.453 e. The van der Waals surface area contributed by atoms with E-state index in [4.69, 9.17) is 9.15 Å². The van der Waals surface area contributed by atoms with E-state index in [0.717, 1.165) is 31.5 Å². The van der Waals surface area contributed by atoms with E-state index >= 15 is 0 Å². The van der Waals surface area contributed by atoms with Crippen molar-refractivity contribution in [2.75, 3.05) is 13.1 Å². The van der Waals surface area contributed by atoms with Gasteiger partial charge in [-0.15, -0.1) is 0 Å². The Kier molecular flexibility index (Phi) is 6.49. The van der Waals surface area contributed by atoms with Crippen LogP contribution in [-0.2, 0) is 20.7 Å². The molecule has 1 aromatic carbocycles. The van der Waals surface area contributed by atoms with Gasteiger partial charge < -0.3 is 14.1 Å². The predicted octanol–water partition coefficient (Wildman–Crippen LogP) is 3.77. The summed E-state index contributed by atoms with van der Waals surface area (Å²) < 4.78 is 11.0. The Labute approximate surface area is 165 Å². The highest BCUT2D eigenvalue weighted by atomic mass is 16.5. The molecule has 1 fully saturated rings. The number of ether oxygens (including phenoxy) is 1. The molecule has 3 rings (SSSR count). The van der Waals surface area contributed by atoms with E-state index in [1.165, 1.54) is 5.56 Å². The van der Waals surface area contributed by atoms with Crippen LogP contribution >= 0.6 is 0 Å². The summed E-state index contributed by atoms with van der Waals surface area (Å²) in [6, 6.07) is 7.97. The molecule has 0 radical (unpaired) electrons. The molecule has 0 aliphatic carbocycles. The molecule has 0 unspecified atom stereocenters. The highest BCUT2D eigenvalue weighted by molar-refractivity contribution is 5.83. The van der Waals surface area contributed by atoms with Crippen molar-refractivity contribution in [3.63, 3.8) is 0 Å². The Morgan fingerprint density at radius 2 is 1.93 bits per heavy atom. The summed E-state index contributed by atoms with van der Waals surface area (Å²) in [5.74, 6) is 1.27. The molecule has 2 aromatic rings. The smallest absolute Gasteiger partial charge is 0.307 e. The van der Waals surface area contributed by atoms with Gasteiger partial charge in [0.15, 0.2) is 17.8 Å². The molecule has 0 saturated carbocycles. The fourth-order valence-corrected chi connectivity index (χ4v) is 3.28.